The summed E-state index contributed by atoms with van der Waals surface area (Å²) >= 11 is 0. The minimum atomic E-state index is -0.0687. The number of nitrogens with one attached hydrogen (secondary N) is 1. The molecule has 0 aliphatic heterocycles. The van der Waals surface area contributed by atoms with E-state index in [2.05, 4.69) is 10.3 Å². The molecule has 0 spiro atoms. The van der Waals surface area contributed by atoms with Crippen molar-refractivity contribution in [2.75, 3.05) is 5.32 Å². The molecule has 0 aliphatic rings. The van der Waals surface area contributed by atoms with Gasteiger partial charge >= 0.3 is 0 Å². The largest absolute Gasteiger partial charge is 0.461 e. The summed E-state index contributed by atoms with van der Waals surface area (Å²) in [6.45, 7) is 1.89. The first-order chi connectivity index (χ1) is 11.2. The fourth-order valence-corrected chi connectivity index (χ4v) is 2.32. The van der Waals surface area contributed by atoms with Gasteiger partial charge in [-0.3, -0.25) is 4.79 Å². The third-order valence-corrected chi connectivity index (χ3v) is 3.47. The van der Waals surface area contributed by atoms with E-state index >= 15 is 0 Å². The van der Waals surface area contributed by atoms with Gasteiger partial charge in [0.2, 0.25) is 5.91 Å². The number of anilines is 1. The molecule has 0 radical (unpaired) electrons. The summed E-state index contributed by atoms with van der Waals surface area (Å²) in [4.78, 5) is 16.2. The van der Waals surface area contributed by atoms with Gasteiger partial charge in [0.15, 0.2) is 0 Å². The van der Waals surface area contributed by atoms with Gasteiger partial charge in [0, 0.05) is 24.1 Å². The first-order valence-electron chi connectivity index (χ1n) is 7.58. The van der Waals surface area contributed by atoms with E-state index in [1.54, 1.807) is 6.07 Å². The van der Waals surface area contributed by atoms with Gasteiger partial charge in [-0.05, 0) is 31.2 Å². The van der Waals surface area contributed by atoms with Crippen LogP contribution in [0.5, 0.6) is 0 Å². The lowest BCUT2D eigenvalue weighted by atomic mass is 10.2. The Morgan fingerprint density at radius 1 is 1.04 bits per heavy atom. The van der Waals surface area contributed by atoms with Gasteiger partial charge in [0.05, 0.1) is 0 Å². The average molecular weight is 306 g/mol. The highest BCUT2D eigenvalue weighted by molar-refractivity contribution is 5.89. The highest BCUT2D eigenvalue weighted by Crippen LogP contribution is 2.22. The van der Waals surface area contributed by atoms with Crippen LogP contribution in [0, 0.1) is 6.92 Å². The van der Waals surface area contributed by atoms with Crippen LogP contribution in [0.1, 0.15) is 17.9 Å². The molecule has 116 valence electrons. The molecule has 3 aromatic rings. The molecule has 0 aliphatic carbocycles. The zero-order valence-corrected chi connectivity index (χ0v) is 13.0. The normalized spacial score (nSPS) is 10.5. The van der Waals surface area contributed by atoms with Crippen LogP contribution in [0.25, 0.3) is 11.3 Å². The first-order valence-corrected chi connectivity index (χ1v) is 7.58. The Bertz CT molecular complexity index is 794. The summed E-state index contributed by atoms with van der Waals surface area (Å²) < 4.78 is 5.79. The lowest BCUT2D eigenvalue weighted by molar-refractivity contribution is -0.116. The van der Waals surface area contributed by atoms with Crippen molar-refractivity contribution in [1.29, 1.82) is 0 Å². The van der Waals surface area contributed by atoms with Crippen molar-refractivity contribution in [2.45, 2.75) is 19.8 Å². The second kappa shape index (κ2) is 6.92. The molecule has 2 aromatic heterocycles. The predicted molar refractivity (Wildman–Crippen MR) is 90.1 cm³/mol. The van der Waals surface area contributed by atoms with E-state index in [0.717, 1.165) is 22.8 Å². The maximum atomic E-state index is 12.0. The summed E-state index contributed by atoms with van der Waals surface area (Å²) in [5.74, 6) is 2.14. The molecule has 0 bridgehead atoms. The second-order valence-corrected chi connectivity index (χ2v) is 5.34. The number of carbonyl (C=O) groups excluding carboxylic acids is 1. The Kier molecular flexibility index (Phi) is 4.52. The molecule has 3 rings (SSSR count). The Balaban J connectivity index is 1.56. The third-order valence-electron chi connectivity index (χ3n) is 3.47. The molecule has 4 heteroatoms. The van der Waals surface area contributed by atoms with Crippen LogP contribution in [0.4, 0.5) is 5.82 Å². The highest BCUT2D eigenvalue weighted by Gasteiger charge is 2.08. The van der Waals surface area contributed by atoms with Crippen LogP contribution in [0.15, 0.2) is 65.1 Å². The number of pyridine rings is 1. The molecule has 1 aromatic carbocycles. The summed E-state index contributed by atoms with van der Waals surface area (Å²) in [6.07, 6.45) is 0.918. The minimum Gasteiger partial charge on any atom is -0.461 e. The molecule has 0 saturated carbocycles. The van der Waals surface area contributed by atoms with Crippen LogP contribution in [0.2, 0.25) is 0 Å². The summed E-state index contributed by atoms with van der Waals surface area (Å²) in [7, 11) is 0. The van der Waals surface area contributed by atoms with Gasteiger partial charge < -0.3 is 9.73 Å². The van der Waals surface area contributed by atoms with Crippen LogP contribution in [-0.4, -0.2) is 10.9 Å². The minimum absolute atomic E-state index is 0.0687. The molecule has 1 N–H and O–H groups in total. The van der Waals surface area contributed by atoms with Gasteiger partial charge in [-0.15, -0.1) is 0 Å². The molecule has 0 saturated heterocycles. The summed E-state index contributed by atoms with van der Waals surface area (Å²) in [5.41, 5.74) is 1.91. The molecule has 2 heterocycles. The Hall–Kier alpha value is -2.88. The molecule has 0 unspecified atom stereocenters. The van der Waals surface area contributed by atoms with Gasteiger partial charge in [0.1, 0.15) is 17.3 Å². The predicted octanol–water partition coefficient (Wildman–Crippen LogP) is 4.22. The number of hydrogen-bond donors (Lipinski definition) is 1. The fraction of sp³-hybridized carbons (Fsp3) is 0.158. The number of hydrogen-bond acceptors (Lipinski definition) is 3. The maximum absolute atomic E-state index is 12.0. The third kappa shape index (κ3) is 4.07. The van der Waals surface area contributed by atoms with E-state index in [9.17, 15) is 4.79 Å². The van der Waals surface area contributed by atoms with Gasteiger partial charge in [-0.25, -0.2) is 4.98 Å². The van der Waals surface area contributed by atoms with Gasteiger partial charge in [-0.2, -0.15) is 0 Å². The molecule has 1 amide bonds. The Morgan fingerprint density at radius 3 is 2.65 bits per heavy atom. The van der Waals surface area contributed by atoms with Crippen LogP contribution in [0.3, 0.4) is 0 Å². The average Bonchev–Trinajstić information content (AvgIpc) is 3.03. The van der Waals surface area contributed by atoms with Crippen molar-refractivity contribution >= 4 is 11.7 Å². The van der Waals surface area contributed by atoms with Crippen molar-refractivity contribution in [3.05, 3.63) is 72.1 Å². The number of rotatable bonds is 5. The van der Waals surface area contributed by atoms with E-state index in [1.165, 1.54) is 0 Å². The van der Waals surface area contributed by atoms with E-state index < -0.39 is 0 Å². The fourth-order valence-electron chi connectivity index (χ4n) is 2.32. The van der Waals surface area contributed by atoms with Gasteiger partial charge in [-0.1, -0.05) is 36.4 Å². The summed E-state index contributed by atoms with van der Waals surface area (Å²) in [6, 6.07) is 19.3. The van der Waals surface area contributed by atoms with E-state index in [-0.39, 0.29) is 5.91 Å². The quantitative estimate of drug-likeness (QED) is 0.767. The number of aryl methyl sites for hydroxylation is 2. The zero-order chi connectivity index (χ0) is 16.1. The van der Waals surface area contributed by atoms with E-state index in [4.69, 9.17) is 4.42 Å². The summed E-state index contributed by atoms with van der Waals surface area (Å²) in [5, 5.41) is 2.80. The molecular weight excluding hydrogens is 288 g/mol. The van der Waals surface area contributed by atoms with Crippen molar-refractivity contribution in [1.82, 2.24) is 4.98 Å². The zero-order valence-electron chi connectivity index (χ0n) is 13.0. The lowest BCUT2D eigenvalue weighted by Gasteiger charge is -2.04. The number of nitrogens with zero attached hydrogens (tertiary/aromatic N) is 1. The van der Waals surface area contributed by atoms with Crippen LogP contribution in [-0.2, 0) is 11.2 Å². The van der Waals surface area contributed by atoms with Crippen molar-refractivity contribution in [3.63, 3.8) is 0 Å². The molecule has 0 fully saturated rings. The van der Waals surface area contributed by atoms with E-state index in [0.29, 0.717) is 18.7 Å². The Morgan fingerprint density at radius 2 is 1.87 bits per heavy atom. The standard InChI is InChI=1S/C19H18N2O2/c1-14-6-5-9-18(20-14)21-19(22)13-11-16-10-12-17(23-16)15-7-3-2-4-8-15/h2-10,12H,11,13H2,1H3,(H,20,21,22). The number of furan rings is 1. The lowest BCUT2D eigenvalue weighted by Crippen LogP contribution is -2.13. The van der Waals surface area contributed by atoms with Crippen molar-refractivity contribution < 1.29 is 9.21 Å². The number of amides is 1. The van der Waals surface area contributed by atoms with Crippen LogP contribution >= 0.6 is 0 Å². The van der Waals surface area contributed by atoms with Crippen molar-refractivity contribution in [3.8, 4) is 11.3 Å². The van der Waals surface area contributed by atoms with E-state index in [1.807, 2.05) is 61.5 Å². The number of carbonyl (C=O) groups is 1. The number of benzene rings is 1. The smallest absolute Gasteiger partial charge is 0.225 e. The molecular formula is C19H18N2O2. The Labute approximate surface area is 135 Å². The highest BCUT2D eigenvalue weighted by atomic mass is 16.3. The monoisotopic (exact) mass is 306 g/mol. The topological polar surface area (TPSA) is 55.1 Å². The molecule has 0 atom stereocenters. The number of aromatic nitrogens is 1. The SMILES string of the molecule is Cc1cccc(NC(=O)CCc2ccc(-c3ccccc3)o2)n1. The first kappa shape index (κ1) is 15.0. The molecule has 4 nitrogen and oxygen atoms in total. The maximum Gasteiger partial charge on any atom is 0.225 e. The van der Waals surface area contributed by atoms with Crippen LogP contribution < -0.4 is 5.32 Å². The van der Waals surface area contributed by atoms with Crippen molar-refractivity contribution in [2.24, 2.45) is 0 Å². The van der Waals surface area contributed by atoms with Gasteiger partial charge in [0.25, 0.3) is 0 Å². The molecule has 23 heavy (non-hydrogen) atoms. The second-order valence-electron chi connectivity index (χ2n) is 5.34.